The number of anilines is 2. The molecule has 4 aromatic heterocycles. The van der Waals surface area contributed by atoms with E-state index in [-0.39, 0.29) is 17.9 Å². The fraction of sp³-hybridized carbons (Fsp3) is 0.300. The van der Waals surface area contributed by atoms with Crippen molar-refractivity contribution in [2.24, 2.45) is 5.92 Å². The van der Waals surface area contributed by atoms with Gasteiger partial charge in [0.1, 0.15) is 5.03 Å². The fourth-order valence-corrected chi connectivity index (χ4v) is 4.40. The largest absolute Gasteiger partial charge is 0.326 e. The van der Waals surface area contributed by atoms with E-state index in [9.17, 15) is 9.59 Å². The Labute approximate surface area is 186 Å². The number of rotatable bonds is 5. The van der Waals surface area contributed by atoms with E-state index in [0.717, 1.165) is 18.5 Å². The molecule has 0 aromatic carbocycles. The molecular weight excluding hydrogens is 430 g/mol. The van der Waals surface area contributed by atoms with E-state index in [4.69, 9.17) is 0 Å². The minimum Gasteiger partial charge on any atom is -0.326 e. The summed E-state index contributed by atoms with van der Waals surface area (Å²) in [5.74, 6) is 0.618. The number of carbonyl (C=O) groups is 2. The van der Waals surface area contributed by atoms with Crippen LogP contribution in [-0.2, 0) is 4.79 Å². The molecule has 2 aliphatic rings. The maximum Gasteiger partial charge on any atom is 0.324 e. The zero-order chi connectivity index (χ0) is 21.8. The average molecular weight is 450 g/mol. The van der Waals surface area contributed by atoms with Crippen molar-refractivity contribution < 1.29 is 9.59 Å². The molecule has 0 bridgehead atoms. The van der Waals surface area contributed by atoms with Gasteiger partial charge in [-0.1, -0.05) is 0 Å². The molecule has 162 valence electrons. The Bertz CT molecular complexity index is 1380. The monoisotopic (exact) mass is 449 g/mol. The van der Waals surface area contributed by atoms with Gasteiger partial charge in [0.15, 0.2) is 17.1 Å². The number of likely N-dealkylation sites (N-methyl/N-ethyl adjacent to an activating group) is 1. The number of hydrogen-bond donors (Lipinski definition) is 1. The zero-order valence-corrected chi connectivity index (χ0v) is 18.0. The van der Waals surface area contributed by atoms with E-state index in [1.807, 2.05) is 34.9 Å². The Hall–Kier alpha value is -3.67. The molecule has 4 aromatic rings. The van der Waals surface area contributed by atoms with Crippen LogP contribution in [-0.4, -0.2) is 66.2 Å². The molecule has 1 N–H and O–H groups in total. The van der Waals surface area contributed by atoms with Crippen molar-refractivity contribution in [3.05, 3.63) is 36.7 Å². The van der Waals surface area contributed by atoms with Gasteiger partial charge in [-0.05, 0) is 48.9 Å². The van der Waals surface area contributed by atoms with Crippen molar-refractivity contribution in [1.29, 1.82) is 0 Å². The zero-order valence-electron chi connectivity index (χ0n) is 17.2. The smallest absolute Gasteiger partial charge is 0.324 e. The number of nitrogens with zero attached hydrogens (tertiary/aromatic N) is 8. The van der Waals surface area contributed by atoms with Crippen LogP contribution in [0.2, 0.25) is 0 Å². The highest BCUT2D eigenvalue weighted by atomic mass is 32.2. The Kier molecular flexibility index (Phi) is 4.28. The van der Waals surface area contributed by atoms with Gasteiger partial charge in [-0.2, -0.15) is 5.10 Å². The molecular formula is C20H19N9O2S. The Morgan fingerprint density at radius 2 is 1.94 bits per heavy atom. The minimum absolute atomic E-state index is 0.0106. The third-order valence-corrected chi connectivity index (χ3v) is 6.46. The summed E-state index contributed by atoms with van der Waals surface area (Å²) in [6.07, 6.45) is 5.45. The van der Waals surface area contributed by atoms with E-state index < -0.39 is 0 Å². The highest BCUT2D eigenvalue weighted by Gasteiger charge is 2.30. The van der Waals surface area contributed by atoms with Gasteiger partial charge in [0.2, 0.25) is 11.1 Å². The van der Waals surface area contributed by atoms with Crippen molar-refractivity contribution in [1.82, 2.24) is 34.1 Å². The Balaban J connectivity index is 1.27. The number of fused-ring (bicyclic) bond motifs is 2. The summed E-state index contributed by atoms with van der Waals surface area (Å²) >= 11 is 1.36. The fourth-order valence-electron chi connectivity index (χ4n) is 3.62. The molecule has 12 heteroatoms. The number of amides is 3. The van der Waals surface area contributed by atoms with E-state index >= 15 is 0 Å². The molecule has 0 atom stereocenters. The number of aromatic nitrogens is 6. The molecule has 1 aliphatic carbocycles. The summed E-state index contributed by atoms with van der Waals surface area (Å²) in [6.45, 7) is 1.34. The van der Waals surface area contributed by atoms with E-state index in [1.54, 1.807) is 27.6 Å². The molecule has 1 saturated carbocycles. The molecule has 6 rings (SSSR count). The number of urea groups is 1. The maximum atomic E-state index is 12.4. The van der Waals surface area contributed by atoms with Gasteiger partial charge in [0.25, 0.3) is 0 Å². The van der Waals surface area contributed by atoms with Gasteiger partial charge >= 0.3 is 6.03 Å². The lowest BCUT2D eigenvalue weighted by atomic mass is 10.3. The topological polar surface area (TPSA) is 113 Å². The standard InChI is InChI=1S/C20H19N9O2S/c1-26-8-9-27(20(26)31)13-4-5-16-23-24-19(28(16)10-13)32-17-7-6-15-21-14(11-29(15)25-17)22-18(30)12-2-3-12/h4-7,10-12H,2-3,8-9H2,1H3,(H,22,30). The maximum absolute atomic E-state index is 12.4. The summed E-state index contributed by atoms with van der Waals surface area (Å²) in [4.78, 5) is 32.2. The SMILES string of the molecule is CN1CCN(c2ccc3nnc(Sc4ccc5nc(NC(=O)C6CC6)cn5n4)n3c2)C1=O. The van der Waals surface area contributed by atoms with Crippen molar-refractivity contribution in [2.75, 3.05) is 30.4 Å². The van der Waals surface area contributed by atoms with Crippen molar-refractivity contribution >= 4 is 46.5 Å². The van der Waals surface area contributed by atoms with Crippen LogP contribution < -0.4 is 10.2 Å². The van der Waals surface area contributed by atoms with Crippen molar-refractivity contribution in [3.8, 4) is 0 Å². The van der Waals surface area contributed by atoms with Gasteiger partial charge in [-0.25, -0.2) is 14.3 Å². The lowest BCUT2D eigenvalue weighted by Gasteiger charge is -2.16. The summed E-state index contributed by atoms with van der Waals surface area (Å²) in [5, 5.41) is 17.3. The van der Waals surface area contributed by atoms with E-state index in [1.165, 1.54) is 11.8 Å². The van der Waals surface area contributed by atoms with Crippen LogP contribution in [0.3, 0.4) is 0 Å². The number of nitrogens with one attached hydrogen (secondary N) is 1. The predicted molar refractivity (Wildman–Crippen MR) is 117 cm³/mol. The number of carbonyl (C=O) groups excluding carboxylic acids is 2. The average Bonchev–Trinajstić information content (AvgIpc) is 3.35. The number of imidazole rings is 1. The first-order chi connectivity index (χ1) is 15.5. The normalized spacial score (nSPS) is 16.5. The molecule has 11 nitrogen and oxygen atoms in total. The van der Waals surface area contributed by atoms with Crippen LogP contribution in [0.25, 0.3) is 11.3 Å². The highest BCUT2D eigenvalue weighted by Crippen LogP contribution is 2.30. The summed E-state index contributed by atoms with van der Waals surface area (Å²) in [5.41, 5.74) is 2.12. The van der Waals surface area contributed by atoms with Gasteiger partial charge in [-0.15, -0.1) is 10.2 Å². The number of hydrogen-bond acceptors (Lipinski definition) is 7. The summed E-state index contributed by atoms with van der Waals surface area (Å²) in [7, 11) is 1.79. The first kappa shape index (κ1) is 19.0. The second-order valence-electron chi connectivity index (χ2n) is 7.92. The highest BCUT2D eigenvalue weighted by molar-refractivity contribution is 7.99. The molecule has 0 unspecified atom stereocenters. The van der Waals surface area contributed by atoms with E-state index in [0.29, 0.717) is 40.4 Å². The van der Waals surface area contributed by atoms with Gasteiger partial charge in [0, 0.05) is 32.3 Å². The van der Waals surface area contributed by atoms with Crippen molar-refractivity contribution in [2.45, 2.75) is 23.0 Å². The van der Waals surface area contributed by atoms with Crippen LogP contribution in [0.15, 0.2) is 46.8 Å². The lowest BCUT2D eigenvalue weighted by Crippen LogP contribution is -2.29. The van der Waals surface area contributed by atoms with Crippen LogP contribution in [0.5, 0.6) is 0 Å². The first-order valence-corrected chi connectivity index (χ1v) is 11.1. The summed E-state index contributed by atoms with van der Waals surface area (Å²) in [6, 6.07) is 7.39. The van der Waals surface area contributed by atoms with Crippen molar-refractivity contribution in [3.63, 3.8) is 0 Å². The van der Waals surface area contributed by atoms with Crippen LogP contribution in [0, 0.1) is 5.92 Å². The quantitative estimate of drug-likeness (QED) is 0.497. The van der Waals surface area contributed by atoms with Crippen LogP contribution in [0.1, 0.15) is 12.8 Å². The Morgan fingerprint density at radius 3 is 2.72 bits per heavy atom. The third-order valence-electron chi connectivity index (χ3n) is 5.57. The summed E-state index contributed by atoms with van der Waals surface area (Å²) < 4.78 is 3.49. The minimum atomic E-state index is -0.0246. The molecule has 1 aliphatic heterocycles. The first-order valence-electron chi connectivity index (χ1n) is 10.3. The predicted octanol–water partition coefficient (Wildman–Crippen LogP) is 2.14. The second kappa shape index (κ2) is 7.19. The number of pyridine rings is 1. The van der Waals surface area contributed by atoms with Crippen LogP contribution >= 0.6 is 11.8 Å². The van der Waals surface area contributed by atoms with Gasteiger partial charge in [0.05, 0.1) is 11.9 Å². The lowest BCUT2D eigenvalue weighted by molar-refractivity contribution is -0.117. The van der Waals surface area contributed by atoms with Crippen LogP contribution in [0.4, 0.5) is 16.3 Å². The van der Waals surface area contributed by atoms with E-state index in [2.05, 4.69) is 25.6 Å². The Morgan fingerprint density at radius 1 is 1.09 bits per heavy atom. The third kappa shape index (κ3) is 3.32. The van der Waals surface area contributed by atoms with Gasteiger partial charge < -0.3 is 10.2 Å². The molecule has 0 spiro atoms. The molecule has 3 amide bonds. The molecule has 5 heterocycles. The molecule has 2 fully saturated rings. The van der Waals surface area contributed by atoms with Gasteiger partial charge in [-0.3, -0.25) is 14.1 Å². The second-order valence-corrected chi connectivity index (χ2v) is 8.91. The molecule has 0 radical (unpaired) electrons. The molecule has 1 saturated heterocycles. The molecule has 32 heavy (non-hydrogen) atoms.